The van der Waals surface area contributed by atoms with Crippen LogP contribution >= 0.6 is 11.6 Å². The van der Waals surface area contributed by atoms with E-state index in [1.807, 2.05) is 0 Å². The zero-order valence-electron chi connectivity index (χ0n) is 10.3. The molecule has 0 amide bonds. The number of nitrogens with two attached hydrogens (primary N) is 1. The Morgan fingerprint density at radius 2 is 2.00 bits per heavy atom. The molecule has 0 aliphatic carbocycles. The fraction of sp³-hybridized carbons (Fsp3) is 0.250. The molecule has 8 heteroatoms. The maximum absolute atomic E-state index is 13.0. The maximum atomic E-state index is 13.0. The van der Waals surface area contributed by atoms with Crippen LogP contribution in [-0.2, 0) is 0 Å². The van der Waals surface area contributed by atoms with Crippen molar-refractivity contribution in [2.24, 2.45) is 10.7 Å². The quantitative estimate of drug-likeness (QED) is 0.864. The first-order valence-electron chi connectivity index (χ1n) is 5.69. The first-order valence-corrected chi connectivity index (χ1v) is 6.07. The fourth-order valence-electron chi connectivity index (χ4n) is 1.88. The predicted octanol–water partition coefficient (Wildman–Crippen LogP) is 2.26. The molecule has 2 aliphatic heterocycles. The molecular weight excluding hydrogens is 292 g/mol. The number of aliphatic imine (C=N–C) groups is 1. The minimum atomic E-state index is -3.67. The lowest BCUT2D eigenvalue weighted by Gasteiger charge is -2.24. The average molecular weight is 302 g/mol. The van der Waals surface area contributed by atoms with E-state index in [1.54, 1.807) is 18.1 Å². The van der Waals surface area contributed by atoms with Gasteiger partial charge < -0.3 is 20.1 Å². The number of alkyl halides is 2. The van der Waals surface area contributed by atoms with Crippen LogP contribution in [0.15, 0.2) is 23.3 Å². The number of hydrogen-bond acceptors (Lipinski definition) is 5. The molecule has 2 aliphatic rings. The zero-order chi connectivity index (χ0) is 14.5. The SMILES string of the molecule is CN1C=C(c2cc3c(cc2Cl)OC(F)(F)O3)N=CC1N. The number of benzene rings is 1. The van der Waals surface area contributed by atoms with Gasteiger partial charge in [0.2, 0.25) is 0 Å². The maximum Gasteiger partial charge on any atom is 0.586 e. The molecule has 5 nitrogen and oxygen atoms in total. The molecule has 3 rings (SSSR count). The largest absolute Gasteiger partial charge is 0.586 e. The Labute approximate surface area is 118 Å². The molecule has 0 bridgehead atoms. The van der Waals surface area contributed by atoms with Crippen LogP contribution in [0.1, 0.15) is 5.56 Å². The zero-order valence-corrected chi connectivity index (χ0v) is 11.1. The van der Waals surface area contributed by atoms with Gasteiger partial charge in [-0.05, 0) is 6.07 Å². The highest BCUT2D eigenvalue weighted by Crippen LogP contribution is 2.45. The van der Waals surface area contributed by atoms with Gasteiger partial charge in [0.05, 0.1) is 10.7 Å². The Morgan fingerprint density at radius 3 is 2.65 bits per heavy atom. The minimum absolute atomic E-state index is 0.0805. The van der Waals surface area contributed by atoms with E-state index in [0.29, 0.717) is 11.3 Å². The van der Waals surface area contributed by atoms with Gasteiger partial charge in [0.1, 0.15) is 6.17 Å². The second-order valence-corrected chi connectivity index (χ2v) is 4.80. The molecule has 1 unspecified atom stereocenters. The first kappa shape index (κ1) is 13.1. The van der Waals surface area contributed by atoms with Crippen LogP contribution in [-0.4, -0.2) is 30.6 Å². The summed E-state index contributed by atoms with van der Waals surface area (Å²) in [4.78, 5) is 5.87. The molecule has 1 aromatic rings. The third kappa shape index (κ3) is 2.19. The number of fused-ring (bicyclic) bond motifs is 1. The van der Waals surface area contributed by atoms with Crippen LogP contribution in [0.3, 0.4) is 0 Å². The van der Waals surface area contributed by atoms with Crippen molar-refractivity contribution >= 4 is 23.5 Å². The van der Waals surface area contributed by atoms with Gasteiger partial charge in [0.25, 0.3) is 0 Å². The summed E-state index contributed by atoms with van der Waals surface area (Å²) in [6.45, 7) is 0. The smallest absolute Gasteiger partial charge is 0.395 e. The summed E-state index contributed by atoms with van der Waals surface area (Å²) in [6, 6.07) is 2.64. The molecule has 0 saturated carbocycles. The van der Waals surface area contributed by atoms with E-state index in [0.717, 1.165) is 0 Å². The van der Waals surface area contributed by atoms with Crippen LogP contribution in [0.2, 0.25) is 5.02 Å². The number of nitrogens with zero attached hydrogens (tertiary/aromatic N) is 2. The number of ether oxygens (including phenoxy) is 2. The molecule has 106 valence electrons. The number of hydrogen-bond donors (Lipinski definition) is 1. The van der Waals surface area contributed by atoms with E-state index >= 15 is 0 Å². The van der Waals surface area contributed by atoms with Gasteiger partial charge in [-0.15, -0.1) is 8.78 Å². The van der Waals surface area contributed by atoms with Crippen molar-refractivity contribution < 1.29 is 18.3 Å². The Kier molecular flexibility index (Phi) is 2.84. The van der Waals surface area contributed by atoms with Gasteiger partial charge in [0.15, 0.2) is 11.5 Å². The number of rotatable bonds is 1. The molecular formula is C12H10ClF2N3O2. The molecule has 0 spiro atoms. The summed E-state index contributed by atoms with van der Waals surface area (Å²) < 4.78 is 34.7. The summed E-state index contributed by atoms with van der Waals surface area (Å²) in [5.74, 6) is -0.183. The first-order chi connectivity index (χ1) is 9.35. The van der Waals surface area contributed by atoms with Crippen molar-refractivity contribution in [2.75, 3.05) is 7.05 Å². The third-order valence-corrected chi connectivity index (χ3v) is 3.24. The highest BCUT2D eigenvalue weighted by atomic mass is 35.5. The average Bonchev–Trinajstić information content (AvgIpc) is 2.65. The molecule has 2 heterocycles. The van der Waals surface area contributed by atoms with Crippen molar-refractivity contribution in [1.82, 2.24) is 4.90 Å². The molecule has 0 aromatic heterocycles. The topological polar surface area (TPSA) is 60.1 Å². The molecule has 2 N–H and O–H groups in total. The summed E-state index contributed by atoms with van der Waals surface area (Å²) in [7, 11) is 1.77. The molecule has 1 aromatic carbocycles. The minimum Gasteiger partial charge on any atom is -0.395 e. The summed E-state index contributed by atoms with van der Waals surface area (Å²) in [5.41, 5.74) is 6.70. The summed E-state index contributed by atoms with van der Waals surface area (Å²) >= 11 is 6.07. The Morgan fingerprint density at radius 1 is 1.35 bits per heavy atom. The van der Waals surface area contributed by atoms with Crippen molar-refractivity contribution in [3.8, 4) is 11.5 Å². The standard InChI is InChI=1S/C12H10ClF2N3O2/c1-18-5-8(17-4-11(18)16)6-2-9-10(3-7(6)13)20-12(14,15)19-9/h2-5,11H,16H2,1H3. The Bertz CT molecular complexity index is 633. The van der Waals surface area contributed by atoms with E-state index in [4.69, 9.17) is 17.3 Å². The van der Waals surface area contributed by atoms with E-state index in [1.165, 1.54) is 18.3 Å². The van der Waals surface area contributed by atoms with Crippen LogP contribution in [0, 0.1) is 0 Å². The van der Waals surface area contributed by atoms with Crippen molar-refractivity contribution in [1.29, 1.82) is 0 Å². The van der Waals surface area contributed by atoms with Gasteiger partial charge in [-0.25, -0.2) is 0 Å². The van der Waals surface area contributed by atoms with E-state index in [-0.39, 0.29) is 22.7 Å². The van der Waals surface area contributed by atoms with Crippen LogP contribution in [0.4, 0.5) is 8.78 Å². The van der Waals surface area contributed by atoms with Gasteiger partial charge in [-0.2, -0.15) is 0 Å². The van der Waals surface area contributed by atoms with E-state index in [9.17, 15) is 8.78 Å². The highest BCUT2D eigenvalue weighted by molar-refractivity contribution is 6.32. The lowest BCUT2D eigenvalue weighted by atomic mass is 10.1. The van der Waals surface area contributed by atoms with Crippen molar-refractivity contribution in [3.63, 3.8) is 0 Å². The molecule has 0 saturated heterocycles. The monoisotopic (exact) mass is 301 g/mol. The third-order valence-electron chi connectivity index (χ3n) is 2.93. The van der Waals surface area contributed by atoms with Crippen LogP contribution in [0.25, 0.3) is 5.70 Å². The van der Waals surface area contributed by atoms with Gasteiger partial charge >= 0.3 is 6.29 Å². The van der Waals surface area contributed by atoms with Crippen LogP contribution in [0.5, 0.6) is 11.5 Å². The van der Waals surface area contributed by atoms with E-state index in [2.05, 4.69) is 14.5 Å². The Hall–Kier alpha value is -1.86. The summed E-state index contributed by atoms with van der Waals surface area (Å²) in [5, 5.41) is 0.234. The van der Waals surface area contributed by atoms with Gasteiger partial charge in [-0.3, -0.25) is 4.99 Å². The van der Waals surface area contributed by atoms with Gasteiger partial charge in [0, 0.05) is 31.1 Å². The normalized spacial score (nSPS) is 22.9. The Balaban J connectivity index is 2.01. The van der Waals surface area contributed by atoms with E-state index < -0.39 is 6.29 Å². The van der Waals surface area contributed by atoms with Gasteiger partial charge in [-0.1, -0.05) is 11.6 Å². The number of halogens is 3. The van der Waals surface area contributed by atoms with Crippen molar-refractivity contribution in [3.05, 3.63) is 28.9 Å². The summed E-state index contributed by atoms with van der Waals surface area (Å²) in [6.07, 6.45) is -0.805. The molecule has 20 heavy (non-hydrogen) atoms. The lowest BCUT2D eigenvalue weighted by Crippen LogP contribution is -2.38. The molecule has 1 atom stereocenters. The predicted molar refractivity (Wildman–Crippen MR) is 69.9 cm³/mol. The lowest BCUT2D eigenvalue weighted by molar-refractivity contribution is -0.286. The second-order valence-electron chi connectivity index (χ2n) is 4.39. The van der Waals surface area contributed by atoms with Crippen LogP contribution < -0.4 is 15.2 Å². The molecule has 0 fully saturated rings. The van der Waals surface area contributed by atoms with Crippen molar-refractivity contribution in [2.45, 2.75) is 12.5 Å². The highest BCUT2D eigenvalue weighted by Gasteiger charge is 2.44. The second kappa shape index (κ2) is 4.32. The fourth-order valence-corrected chi connectivity index (χ4v) is 2.13. The molecule has 0 radical (unpaired) electrons.